The van der Waals surface area contributed by atoms with Gasteiger partial charge in [0.2, 0.25) is 0 Å². The van der Waals surface area contributed by atoms with E-state index < -0.39 is 5.82 Å². The monoisotopic (exact) mass is 338 g/mol. The van der Waals surface area contributed by atoms with Gasteiger partial charge in [0.25, 0.3) is 0 Å². The molecule has 2 N–H and O–H groups in total. The van der Waals surface area contributed by atoms with E-state index in [0.717, 1.165) is 29.7 Å². The third-order valence-corrected chi connectivity index (χ3v) is 4.62. The minimum absolute atomic E-state index is 0.160. The quantitative estimate of drug-likeness (QED) is 0.738. The van der Waals surface area contributed by atoms with Gasteiger partial charge >= 0.3 is 6.03 Å². The predicted molar refractivity (Wildman–Crippen MR) is 95.1 cm³/mol. The Labute approximate surface area is 144 Å². The van der Waals surface area contributed by atoms with Crippen molar-refractivity contribution in [2.24, 2.45) is 0 Å². The lowest BCUT2D eigenvalue weighted by molar-refractivity contribution is 0.191. The maximum Gasteiger partial charge on any atom is 0.321 e. The summed E-state index contributed by atoms with van der Waals surface area (Å²) >= 11 is 0. The number of urea groups is 1. The molecule has 1 aliphatic heterocycles. The van der Waals surface area contributed by atoms with E-state index in [2.05, 4.69) is 15.3 Å². The Balaban J connectivity index is 1.48. The number of piperidine rings is 1. The van der Waals surface area contributed by atoms with Gasteiger partial charge in [-0.3, -0.25) is 0 Å². The summed E-state index contributed by atoms with van der Waals surface area (Å²) in [6.07, 6.45) is 1.87. The molecule has 2 amide bonds. The number of hydrogen-bond donors (Lipinski definition) is 2. The number of anilines is 1. The van der Waals surface area contributed by atoms with Gasteiger partial charge in [-0.1, -0.05) is 24.3 Å². The zero-order valence-corrected chi connectivity index (χ0v) is 13.7. The number of amides is 2. The fourth-order valence-electron chi connectivity index (χ4n) is 3.31. The maximum atomic E-state index is 13.7. The summed E-state index contributed by atoms with van der Waals surface area (Å²) in [4.78, 5) is 22.2. The molecule has 2 heterocycles. The summed E-state index contributed by atoms with van der Waals surface area (Å²) in [7, 11) is 0. The molecular formula is C19H19FN4O. The molecule has 4 rings (SSSR count). The first kappa shape index (κ1) is 15.6. The second kappa shape index (κ2) is 6.55. The van der Waals surface area contributed by atoms with Crippen LogP contribution in [0.25, 0.3) is 11.0 Å². The van der Waals surface area contributed by atoms with Crippen molar-refractivity contribution < 1.29 is 9.18 Å². The average Bonchev–Trinajstić information content (AvgIpc) is 3.08. The highest BCUT2D eigenvalue weighted by atomic mass is 19.1. The van der Waals surface area contributed by atoms with Crippen LogP contribution in [0.4, 0.5) is 14.9 Å². The normalized spacial score (nSPS) is 17.6. The molecule has 1 aromatic heterocycles. The van der Waals surface area contributed by atoms with Crippen LogP contribution in [-0.4, -0.2) is 34.0 Å². The van der Waals surface area contributed by atoms with Crippen LogP contribution in [-0.2, 0) is 0 Å². The smallest absolute Gasteiger partial charge is 0.321 e. The molecule has 2 aromatic carbocycles. The number of para-hydroxylation sites is 3. The fraction of sp³-hybridized carbons (Fsp3) is 0.263. The minimum atomic E-state index is -0.429. The van der Waals surface area contributed by atoms with Gasteiger partial charge in [0.1, 0.15) is 11.6 Å². The Kier molecular flexibility index (Phi) is 4.09. The molecule has 3 aromatic rings. The summed E-state index contributed by atoms with van der Waals surface area (Å²) in [5.74, 6) is 0.638. The molecule has 0 aliphatic carbocycles. The van der Waals surface area contributed by atoms with Crippen molar-refractivity contribution in [1.82, 2.24) is 14.9 Å². The number of aromatic amines is 1. The zero-order valence-electron chi connectivity index (χ0n) is 13.7. The van der Waals surface area contributed by atoms with E-state index in [4.69, 9.17) is 0 Å². The van der Waals surface area contributed by atoms with Crippen LogP contribution in [0.2, 0.25) is 0 Å². The van der Waals surface area contributed by atoms with Gasteiger partial charge in [-0.2, -0.15) is 0 Å². The number of rotatable bonds is 2. The SMILES string of the molecule is O=C(Nc1ccccc1F)N1CCCC(c2nc3ccccc3[nH]2)C1. The lowest BCUT2D eigenvalue weighted by Gasteiger charge is -2.31. The number of carbonyl (C=O) groups excluding carboxylic acids is 1. The number of H-pyrrole nitrogens is 1. The van der Waals surface area contributed by atoms with Crippen molar-refractivity contribution in [3.05, 3.63) is 60.2 Å². The van der Waals surface area contributed by atoms with E-state index in [1.54, 1.807) is 23.1 Å². The minimum Gasteiger partial charge on any atom is -0.342 e. The topological polar surface area (TPSA) is 61.0 Å². The van der Waals surface area contributed by atoms with Gasteiger partial charge in [-0.05, 0) is 37.1 Å². The van der Waals surface area contributed by atoms with Crippen LogP contribution in [0.5, 0.6) is 0 Å². The summed E-state index contributed by atoms with van der Waals surface area (Å²) in [5.41, 5.74) is 2.15. The lowest BCUT2D eigenvalue weighted by Crippen LogP contribution is -2.42. The van der Waals surface area contributed by atoms with Gasteiger partial charge in [0, 0.05) is 19.0 Å². The first-order valence-corrected chi connectivity index (χ1v) is 8.46. The predicted octanol–water partition coefficient (Wildman–Crippen LogP) is 4.11. The molecule has 1 saturated heterocycles. The molecule has 128 valence electrons. The number of aromatic nitrogens is 2. The Morgan fingerprint density at radius 1 is 1.20 bits per heavy atom. The van der Waals surface area contributed by atoms with Crippen LogP contribution < -0.4 is 5.32 Å². The standard InChI is InChI=1S/C19H19FN4O/c20-14-7-1-2-8-15(14)23-19(25)24-11-5-6-13(12-24)18-21-16-9-3-4-10-17(16)22-18/h1-4,7-10,13H,5-6,11-12H2,(H,21,22)(H,23,25). The summed E-state index contributed by atoms with van der Waals surface area (Å²) < 4.78 is 13.7. The zero-order chi connectivity index (χ0) is 17.2. The second-order valence-electron chi connectivity index (χ2n) is 6.33. The molecule has 1 atom stereocenters. The van der Waals surface area contributed by atoms with E-state index in [-0.39, 0.29) is 17.6 Å². The molecule has 0 bridgehead atoms. The van der Waals surface area contributed by atoms with Crippen LogP contribution in [0.3, 0.4) is 0 Å². The van der Waals surface area contributed by atoms with Gasteiger partial charge < -0.3 is 15.2 Å². The highest BCUT2D eigenvalue weighted by Crippen LogP contribution is 2.27. The van der Waals surface area contributed by atoms with Gasteiger partial charge in [-0.25, -0.2) is 14.2 Å². The number of carbonyl (C=O) groups is 1. The van der Waals surface area contributed by atoms with Crippen LogP contribution in [0.15, 0.2) is 48.5 Å². The van der Waals surface area contributed by atoms with Crippen molar-refractivity contribution >= 4 is 22.8 Å². The van der Waals surface area contributed by atoms with Crippen LogP contribution >= 0.6 is 0 Å². The third-order valence-electron chi connectivity index (χ3n) is 4.62. The van der Waals surface area contributed by atoms with E-state index in [1.807, 2.05) is 24.3 Å². The number of benzene rings is 2. The van der Waals surface area contributed by atoms with E-state index in [1.165, 1.54) is 6.07 Å². The Bertz CT molecular complexity index is 874. The molecule has 5 nitrogen and oxygen atoms in total. The number of hydrogen-bond acceptors (Lipinski definition) is 2. The highest BCUT2D eigenvalue weighted by Gasteiger charge is 2.27. The van der Waals surface area contributed by atoms with Gasteiger partial charge in [0.15, 0.2) is 0 Å². The van der Waals surface area contributed by atoms with E-state index in [9.17, 15) is 9.18 Å². The van der Waals surface area contributed by atoms with Crippen molar-refractivity contribution in [3.63, 3.8) is 0 Å². The summed E-state index contributed by atoms with van der Waals surface area (Å²) in [6, 6.07) is 13.8. The van der Waals surface area contributed by atoms with Gasteiger partial charge in [0.05, 0.1) is 16.7 Å². The molecule has 25 heavy (non-hydrogen) atoms. The molecule has 1 unspecified atom stereocenters. The van der Waals surface area contributed by atoms with Crippen molar-refractivity contribution in [2.75, 3.05) is 18.4 Å². The number of imidazole rings is 1. The Morgan fingerprint density at radius 2 is 2.00 bits per heavy atom. The van der Waals surface area contributed by atoms with Crippen molar-refractivity contribution in [1.29, 1.82) is 0 Å². The lowest BCUT2D eigenvalue weighted by atomic mass is 9.97. The molecule has 6 heteroatoms. The first-order valence-electron chi connectivity index (χ1n) is 8.46. The summed E-state index contributed by atoms with van der Waals surface area (Å²) in [6.45, 7) is 1.23. The van der Waals surface area contributed by atoms with Crippen LogP contribution in [0.1, 0.15) is 24.6 Å². The van der Waals surface area contributed by atoms with Gasteiger partial charge in [-0.15, -0.1) is 0 Å². The molecule has 0 saturated carbocycles. The number of fused-ring (bicyclic) bond motifs is 1. The van der Waals surface area contributed by atoms with Crippen LogP contribution in [0, 0.1) is 5.82 Å². The van der Waals surface area contributed by atoms with Crippen molar-refractivity contribution in [3.8, 4) is 0 Å². The summed E-state index contributed by atoms with van der Waals surface area (Å²) in [5, 5.41) is 2.66. The molecule has 1 aliphatic rings. The number of halogens is 1. The van der Waals surface area contributed by atoms with E-state index in [0.29, 0.717) is 13.1 Å². The first-order chi connectivity index (χ1) is 12.2. The Hall–Kier alpha value is -2.89. The fourth-order valence-corrected chi connectivity index (χ4v) is 3.31. The van der Waals surface area contributed by atoms with Crippen molar-refractivity contribution in [2.45, 2.75) is 18.8 Å². The third kappa shape index (κ3) is 3.20. The van der Waals surface area contributed by atoms with E-state index >= 15 is 0 Å². The molecule has 1 fully saturated rings. The molecule has 0 radical (unpaired) electrons. The number of nitrogens with one attached hydrogen (secondary N) is 2. The number of likely N-dealkylation sites (tertiary alicyclic amines) is 1. The maximum absolute atomic E-state index is 13.7. The molecule has 0 spiro atoms. The second-order valence-corrected chi connectivity index (χ2v) is 6.33. The average molecular weight is 338 g/mol. The Morgan fingerprint density at radius 3 is 2.84 bits per heavy atom. The largest absolute Gasteiger partial charge is 0.342 e. The number of nitrogens with zero attached hydrogens (tertiary/aromatic N) is 2. The molecular weight excluding hydrogens is 319 g/mol. The highest BCUT2D eigenvalue weighted by molar-refractivity contribution is 5.89.